The van der Waals surface area contributed by atoms with Gasteiger partial charge in [0, 0.05) is 0 Å². The van der Waals surface area contributed by atoms with E-state index in [1.54, 1.807) is 0 Å². The van der Waals surface area contributed by atoms with Crippen LogP contribution in [0.3, 0.4) is 0 Å². The second-order valence-corrected chi connectivity index (χ2v) is 11.1. The molecule has 0 aliphatic heterocycles. The zero-order valence-electron chi connectivity index (χ0n) is 28.8. The van der Waals surface area contributed by atoms with Crippen LogP contribution in [0.2, 0.25) is 0 Å². The normalized spacial score (nSPS) is 11.6. The fraction of sp³-hybridized carbons (Fsp3) is 0.829. The molecule has 0 bridgehead atoms. The van der Waals surface area contributed by atoms with Crippen LogP contribution < -0.4 is 4.74 Å². The molecule has 270 valence electrons. The van der Waals surface area contributed by atoms with Gasteiger partial charge in [0.1, 0.15) is 12.4 Å². The van der Waals surface area contributed by atoms with Crippen LogP contribution >= 0.6 is 0 Å². The fourth-order valence-electron chi connectivity index (χ4n) is 4.13. The van der Waals surface area contributed by atoms with Gasteiger partial charge in [0.05, 0.1) is 126 Å². The second-order valence-electron chi connectivity index (χ2n) is 11.1. The van der Waals surface area contributed by atoms with Gasteiger partial charge in [-0.3, -0.25) is 0 Å². The van der Waals surface area contributed by atoms with E-state index in [1.165, 1.54) is 37.7 Å². The lowest BCUT2D eigenvalue weighted by Crippen LogP contribution is -2.15. The molecule has 1 aromatic carbocycles. The molecule has 11 heteroatoms. The Morgan fingerprint density at radius 1 is 0.435 bits per heavy atom. The number of aryl methyl sites for hydroxylation is 1. The first-order valence-corrected chi connectivity index (χ1v) is 17.2. The average molecular weight is 661 g/mol. The van der Waals surface area contributed by atoms with E-state index in [4.69, 9.17) is 52.5 Å². The first kappa shape index (κ1) is 42.6. The lowest BCUT2D eigenvalue weighted by molar-refractivity contribution is -0.0258. The van der Waals surface area contributed by atoms with Gasteiger partial charge in [-0.25, -0.2) is 0 Å². The van der Waals surface area contributed by atoms with Gasteiger partial charge in [-0.1, -0.05) is 51.7 Å². The maximum absolute atomic E-state index is 8.58. The predicted octanol–water partition coefficient (Wildman–Crippen LogP) is 4.36. The van der Waals surface area contributed by atoms with Crippen LogP contribution in [0.1, 0.15) is 51.5 Å². The molecule has 0 aromatic heterocycles. The summed E-state index contributed by atoms with van der Waals surface area (Å²) in [6.07, 6.45) is 7.74. The number of hydrogen-bond donors (Lipinski definition) is 1. The number of unbranched alkanes of at least 4 members (excludes halogenated alkanes) is 3. The molecule has 1 rings (SSSR count). The van der Waals surface area contributed by atoms with E-state index in [1.807, 2.05) is 0 Å². The fourth-order valence-corrected chi connectivity index (χ4v) is 4.13. The van der Waals surface area contributed by atoms with Crippen molar-refractivity contribution in [3.63, 3.8) is 0 Å². The molecular formula is C35H64O11. The lowest BCUT2D eigenvalue weighted by atomic mass is 10.0. The Kier molecular flexibility index (Phi) is 32.4. The van der Waals surface area contributed by atoms with Gasteiger partial charge in [0.2, 0.25) is 0 Å². The van der Waals surface area contributed by atoms with Gasteiger partial charge >= 0.3 is 0 Å². The highest BCUT2D eigenvalue weighted by molar-refractivity contribution is 5.27. The Hall–Kier alpha value is -1.38. The SMILES string of the molecule is CC(C)CCCCCCc1ccc(OCCOCCOCCOCCOCCOCCOCCOCCOCCOCCO)cc1. The molecule has 0 unspecified atom stereocenters. The topological polar surface area (TPSA) is 113 Å². The van der Waals surface area contributed by atoms with E-state index in [-0.39, 0.29) is 6.61 Å². The van der Waals surface area contributed by atoms with Crippen LogP contribution in [-0.4, -0.2) is 137 Å². The number of aliphatic hydroxyl groups excluding tert-OH is 1. The summed E-state index contributed by atoms with van der Waals surface area (Å²) in [6, 6.07) is 8.44. The van der Waals surface area contributed by atoms with E-state index in [9.17, 15) is 0 Å². The molecule has 1 N–H and O–H groups in total. The van der Waals surface area contributed by atoms with Crippen molar-refractivity contribution in [2.24, 2.45) is 5.92 Å². The van der Waals surface area contributed by atoms with Gasteiger partial charge in [0.25, 0.3) is 0 Å². The highest BCUT2D eigenvalue weighted by atomic mass is 16.6. The van der Waals surface area contributed by atoms with Gasteiger partial charge in [-0.2, -0.15) is 0 Å². The summed E-state index contributed by atoms with van der Waals surface area (Å²) in [7, 11) is 0. The van der Waals surface area contributed by atoms with E-state index in [0.29, 0.717) is 126 Å². The van der Waals surface area contributed by atoms with Crippen molar-refractivity contribution in [2.45, 2.75) is 52.4 Å². The van der Waals surface area contributed by atoms with Crippen molar-refractivity contribution < 1.29 is 52.5 Å². The first-order chi connectivity index (χ1) is 22.7. The van der Waals surface area contributed by atoms with Crippen molar-refractivity contribution in [1.82, 2.24) is 0 Å². The van der Waals surface area contributed by atoms with Gasteiger partial charge in [-0.15, -0.1) is 0 Å². The van der Waals surface area contributed by atoms with Crippen LogP contribution in [0.25, 0.3) is 0 Å². The second kappa shape index (κ2) is 34.9. The summed E-state index contributed by atoms with van der Waals surface area (Å²) in [5.74, 6) is 1.70. The van der Waals surface area contributed by atoms with Crippen molar-refractivity contribution in [3.8, 4) is 5.75 Å². The standard InChI is InChI=1S/C35H64O11/c1-33(2)7-5-3-4-6-8-34-9-11-35(12-10-34)46-32-31-45-30-29-44-28-27-43-26-25-42-24-23-41-22-21-40-20-19-39-18-17-38-16-15-37-14-13-36/h9-12,33,36H,3-8,13-32H2,1-2H3. The third-order valence-corrected chi connectivity index (χ3v) is 6.63. The summed E-state index contributed by atoms with van der Waals surface area (Å²) in [5, 5.41) is 8.58. The number of hydrogen-bond acceptors (Lipinski definition) is 11. The van der Waals surface area contributed by atoms with Crippen molar-refractivity contribution >= 4 is 0 Å². The van der Waals surface area contributed by atoms with Gasteiger partial charge in [0.15, 0.2) is 0 Å². The minimum absolute atomic E-state index is 0.0279. The molecule has 0 aliphatic carbocycles. The third kappa shape index (κ3) is 31.2. The van der Waals surface area contributed by atoms with Crippen LogP contribution in [0.5, 0.6) is 5.75 Å². The van der Waals surface area contributed by atoms with Crippen molar-refractivity contribution in [1.29, 1.82) is 0 Å². The summed E-state index contributed by atoms with van der Waals surface area (Å²) in [4.78, 5) is 0. The quantitative estimate of drug-likeness (QED) is 0.103. The largest absolute Gasteiger partial charge is 0.491 e. The Labute approximate surface area is 278 Å². The van der Waals surface area contributed by atoms with E-state index < -0.39 is 0 Å². The third-order valence-electron chi connectivity index (χ3n) is 6.63. The Morgan fingerprint density at radius 3 is 1.15 bits per heavy atom. The molecule has 0 spiro atoms. The zero-order valence-corrected chi connectivity index (χ0v) is 28.8. The number of benzene rings is 1. The molecule has 11 nitrogen and oxygen atoms in total. The molecule has 1 aromatic rings. The molecular weight excluding hydrogens is 596 g/mol. The number of rotatable bonds is 37. The summed E-state index contributed by atoms with van der Waals surface area (Å²) < 4.78 is 54.6. The van der Waals surface area contributed by atoms with Crippen molar-refractivity contribution in [2.75, 3.05) is 132 Å². The molecule has 0 radical (unpaired) electrons. The van der Waals surface area contributed by atoms with Gasteiger partial charge in [-0.05, 0) is 36.5 Å². The molecule has 0 saturated heterocycles. The van der Waals surface area contributed by atoms with Crippen LogP contribution in [0.4, 0.5) is 0 Å². The van der Waals surface area contributed by atoms with Gasteiger partial charge < -0.3 is 52.5 Å². The molecule has 46 heavy (non-hydrogen) atoms. The summed E-state index contributed by atoms with van der Waals surface area (Å²) in [6.45, 7) is 14.2. The molecule has 0 atom stereocenters. The number of ether oxygens (including phenoxy) is 10. The maximum atomic E-state index is 8.58. The number of aliphatic hydroxyl groups is 1. The van der Waals surface area contributed by atoms with Crippen LogP contribution in [0.15, 0.2) is 24.3 Å². The minimum Gasteiger partial charge on any atom is -0.491 e. The highest BCUT2D eigenvalue weighted by Crippen LogP contribution is 2.15. The highest BCUT2D eigenvalue weighted by Gasteiger charge is 2.00. The minimum atomic E-state index is 0.0279. The lowest BCUT2D eigenvalue weighted by Gasteiger charge is -2.09. The molecule has 0 amide bonds. The van der Waals surface area contributed by atoms with E-state index >= 15 is 0 Å². The Morgan fingerprint density at radius 2 is 0.783 bits per heavy atom. The van der Waals surface area contributed by atoms with Crippen LogP contribution in [-0.2, 0) is 49.1 Å². The van der Waals surface area contributed by atoms with Crippen molar-refractivity contribution in [3.05, 3.63) is 29.8 Å². The average Bonchev–Trinajstić information content (AvgIpc) is 3.06. The monoisotopic (exact) mass is 660 g/mol. The smallest absolute Gasteiger partial charge is 0.119 e. The predicted molar refractivity (Wildman–Crippen MR) is 178 cm³/mol. The van der Waals surface area contributed by atoms with E-state index in [0.717, 1.165) is 18.1 Å². The molecule has 0 aliphatic rings. The summed E-state index contributed by atoms with van der Waals surface area (Å²) >= 11 is 0. The summed E-state index contributed by atoms with van der Waals surface area (Å²) in [5.41, 5.74) is 1.38. The Balaban J connectivity index is 1.72. The maximum Gasteiger partial charge on any atom is 0.119 e. The zero-order chi connectivity index (χ0) is 33.0. The first-order valence-electron chi connectivity index (χ1n) is 17.2. The molecule has 0 heterocycles. The van der Waals surface area contributed by atoms with Crippen LogP contribution in [0, 0.1) is 5.92 Å². The van der Waals surface area contributed by atoms with E-state index in [2.05, 4.69) is 38.1 Å². The Bertz CT molecular complexity index is 721. The molecule has 0 fully saturated rings. The molecule has 0 saturated carbocycles.